The van der Waals surface area contributed by atoms with E-state index in [-0.39, 0.29) is 11.7 Å². The molecular weight excluding hydrogens is 368 g/mol. The Labute approximate surface area is 163 Å². The lowest BCUT2D eigenvalue weighted by molar-refractivity contribution is 0.0523. The van der Waals surface area contributed by atoms with Gasteiger partial charge in [-0.05, 0) is 39.1 Å². The molecule has 2 rings (SSSR count). The van der Waals surface area contributed by atoms with Crippen molar-refractivity contribution in [3.8, 4) is 11.5 Å². The van der Waals surface area contributed by atoms with Crippen LogP contribution >= 0.6 is 12.2 Å². The summed E-state index contributed by atoms with van der Waals surface area (Å²) in [5.41, 5.74) is 6.23. The van der Waals surface area contributed by atoms with E-state index in [1.165, 1.54) is 0 Å². The smallest absolute Gasteiger partial charge is 0.407 e. The number of hydrogen-bond donors (Lipinski definition) is 3. The van der Waals surface area contributed by atoms with Crippen LogP contribution in [-0.2, 0) is 11.3 Å². The van der Waals surface area contributed by atoms with E-state index in [0.29, 0.717) is 28.3 Å². The number of anilines is 1. The van der Waals surface area contributed by atoms with Crippen molar-refractivity contribution < 1.29 is 19.0 Å². The van der Waals surface area contributed by atoms with E-state index in [9.17, 15) is 4.79 Å². The van der Waals surface area contributed by atoms with Crippen molar-refractivity contribution >= 4 is 39.9 Å². The Morgan fingerprint density at radius 2 is 1.96 bits per heavy atom. The van der Waals surface area contributed by atoms with E-state index in [2.05, 4.69) is 15.6 Å². The van der Waals surface area contributed by atoms with Crippen molar-refractivity contribution in [2.75, 3.05) is 19.5 Å². The number of rotatable bonds is 5. The highest BCUT2D eigenvalue weighted by Gasteiger charge is 2.18. The molecule has 0 aliphatic rings. The number of thiocarbonyl (C=S) groups is 1. The van der Waals surface area contributed by atoms with Gasteiger partial charge in [0.25, 0.3) is 0 Å². The van der Waals surface area contributed by atoms with Crippen molar-refractivity contribution in [3.63, 3.8) is 0 Å². The first kappa shape index (κ1) is 20.5. The Bertz CT molecular complexity index is 865. The molecule has 0 atom stereocenters. The predicted octanol–water partition coefficient (Wildman–Crippen LogP) is 2.93. The van der Waals surface area contributed by atoms with Gasteiger partial charge in [-0.25, -0.2) is 4.79 Å². The highest BCUT2D eigenvalue weighted by Crippen LogP contribution is 2.36. The van der Waals surface area contributed by atoms with E-state index in [1.807, 2.05) is 6.07 Å². The van der Waals surface area contributed by atoms with Gasteiger partial charge < -0.3 is 30.6 Å². The summed E-state index contributed by atoms with van der Waals surface area (Å²) in [7, 11) is 3.11. The maximum absolute atomic E-state index is 12.0. The van der Waals surface area contributed by atoms with Crippen molar-refractivity contribution in [2.45, 2.75) is 32.9 Å². The summed E-state index contributed by atoms with van der Waals surface area (Å²) in [5.74, 6) is 1.15. The summed E-state index contributed by atoms with van der Waals surface area (Å²) in [6.45, 7) is 5.55. The van der Waals surface area contributed by atoms with Crippen LogP contribution in [0.25, 0.3) is 10.8 Å². The molecule has 1 heterocycles. The fraction of sp³-hybridized carbons (Fsp3) is 0.389. The van der Waals surface area contributed by atoms with Crippen LogP contribution in [-0.4, -0.2) is 36.0 Å². The van der Waals surface area contributed by atoms with Gasteiger partial charge in [0.05, 0.1) is 38.3 Å². The number of pyridine rings is 1. The zero-order valence-electron chi connectivity index (χ0n) is 16.0. The van der Waals surface area contributed by atoms with Crippen LogP contribution in [0.1, 0.15) is 26.5 Å². The number of carbonyl (C=O) groups is 1. The van der Waals surface area contributed by atoms with Crippen LogP contribution in [0, 0.1) is 0 Å². The van der Waals surface area contributed by atoms with Gasteiger partial charge in [-0.3, -0.25) is 4.98 Å². The predicted molar refractivity (Wildman–Crippen MR) is 108 cm³/mol. The first-order valence-electron chi connectivity index (χ1n) is 8.21. The zero-order valence-corrected chi connectivity index (χ0v) is 16.8. The Balaban J connectivity index is 2.47. The summed E-state index contributed by atoms with van der Waals surface area (Å²) in [4.78, 5) is 16.4. The molecular formula is C18H24N4O4S. The molecule has 146 valence electrons. The second kappa shape index (κ2) is 8.26. The Morgan fingerprint density at radius 3 is 2.52 bits per heavy atom. The number of alkyl carbamates (subject to hydrolysis) is 1. The molecule has 4 N–H and O–H groups in total. The second-order valence-electron chi connectivity index (χ2n) is 6.72. The van der Waals surface area contributed by atoms with Crippen molar-refractivity contribution in [2.24, 2.45) is 5.73 Å². The van der Waals surface area contributed by atoms with Crippen LogP contribution < -0.4 is 25.8 Å². The van der Waals surface area contributed by atoms with E-state index < -0.39 is 11.7 Å². The number of carbonyl (C=O) groups excluding carboxylic acids is 1. The zero-order chi connectivity index (χ0) is 20.2. The quantitative estimate of drug-likeness (QED) is 0.667. The molecule has 0 aliphatic heterocycles. The normalized spacial score (nSPS) is 11.0. The van der Waals surface area contributed by atoms with Crippen molar-refractivity contribution in [1.82, 2.24) is 10.3 Å². The minimum Gasteiger partial charge on any atom is -0.497 e. The summed E-state index contributed by atoms with van der Waals surface area (Å²) >= 11 is 4.93. The van der Waals surface area contributed by atoms with E-state index >= 15 is 0 Å². The number of ether oxygens (including phenoxy) is 3. The minimum absolute atomic E-state index is 0.111. The number of hydrogen-bond acceptors (Lipinski definition) is 6. The number of amides is 1. The average Bonchev–Trinajstić information content (AvgIpc) is 2.58. The highest BCUT2D eigenvalue weighted by atomic mass is 32.1. The third-order valence-corrected chi connectivity index (χ3v) is 3.62. The lowest BCUT2D eigenvalue weighted by atomic mass is 10.1. The molecule has 0 spiro atoms. The first-order valence-corrected chi connectivity index (χ1v) is 8.62. The largest absolute Gasteiger partial charge is 0.497 e. The lowest BCUT2D eigenvalue weighted by Gasteiger charge is -2.20. The fourth-order valence-electron chi connectivity index (χ4n) is 2.49. The molecule has 0 radical (unpaired) electrons. The summed E-state index contributed by atoms with van der Waals surface area (Å²) < 4.78 is 16.1. The second-order valence-corrected chi connectivity index (χ2v) is 7.16. The fourth-order valence-corrected chi connectivity index (χ4v) is 2.60. The molecule has 0 saturated heterocycles. The van der Waals surface area contributed by atoms with Crippen molar-refractivity contribution in [1.29, 1.82) is 0 Å². The molecule has 8 nitrogen and oxygen atoms in total. The number of aromatic nitrogens is 1. The topological polar surface area (TPSA) is 108 Å². The van der Waals surface area contributed by atoms with Crippen LogP contribution in [0.2, 0.25) is 0 Å². The number of methoxy groups -OCH3 is 2. The molecule has 1 aromatic carbocycles. The molecule has 1 aromatic heterocycles. The highest BCUT2D eigenvalue weighted by molar-refractivity contribution is 7.80. The molecule has 27 heavy (non-hydrogen) atoms. The summed E-state index contributed by atoms with van der Waals surface area (Å²) in [6.07, 6.45) is 1.06. The first-order chi connectivity index (χ1) is 12.6. The molecule has 9 heteroatoms. The Morgan fingerprint density at radius 1 is 1.26 bits per heavy atom. The van der Waals surface area contributed by atoms with Crippen LogP contribution in [0.3, 0.4) is 0 Å². The van der Waals surface area contributed by atoms with Crippen molar-refractivity contribution in [3.05, 3.63) is 24.0 Å². The van der Waals surface area contributed by atoms with Gasteiger partial charge in [0.1, 0.15) is 17.1 Å². The van der Waals surface area contributed by atoms with Gasteiger partial charge in [-0.2, -0.15) is 0 Å². The third kappa shape index (κ3) is 5.33. The van der Waals surface area contributed by atoms with Gasteiger partial charge in [-0.15, -0.1) is 0 Å². The maximum atomic E-state index is 12.0. The summed E-state index contributed by atoms with van der Waals surface area (Å²) in [5, 5.41) is 7.16. The van der Waals surface area contributed by atoms with Gasteiger partial charge >= 0.3 is 6.09 Å². The standard InChI is InChI=1S/C18H24N4O4S/c1-18(2,3)26-17(23)21-9-13-15-11(12(8-20-13)22-16(19)27)6-10(24-4)7-14(15)25-5/h6-8H,9H2,1-5H3,(H,21,23)(H3,19,22,27). The number of nitrogens with zero attached hydrogens (tertiary/aromatic N) is 1. The Kier molecular flexibility index (Phi) is 6.27. The maximum Gasteiger partial charge on any atom is 0.407 e. The molecule has 0 bridgehead atoms. The average molecular weight is 392 g/mol. The van der Waals surface area contributed by atoms with E-state index in [4.69, 9.17) is 32.2 Å². The number of nitrogens with one attached hydrogen (secondary N) is 2. The monoisotopic (exact) mass is 392 g/mol. The number of benzene rings is 1. The molecule has 1 amide bonds. The SMILES string of the molecule is COc1cc(OC)c2c(CNC(=O)OC(C)(C)C)ncc(NC(N)=S)c2c1. The van der Waals surface area contributed by atoms with Crippen LogP contribution in [0.4, 0.5) is 10.5 Å². The van der Waals surface area contributed by atoms with Gasteiger partial charge in [0.15, 0.2) is 5.11 Å². The van der Waals surface area contributed by atoms with E-state index in [1.54, 1.807) is 47.3 Å². The number of fused-ring (bicyclic) bond motifs is 1. The molecule has 0 unspecified atom stereocenters. The number of nitrogens with two attached hydrogens (primary N) is 1. The minimum atomic E-state index is -0.588. The molecule has 0 aliphatic carbocycles. The van der Waals surface area contributed by atoms with Gasteiger partial charge in [-0.1, -0.05) is 0 Å². The van der Waals surface area contributed by atoms with Gasteiger partial charge in [0, 0.05) is 16.8 Å². The third-order valence-electron chi connectivity index (χ3n) is 3.52. The van der Waals surface area contributed by atoms with Crippen LogP contribution in [0.5, 0.6) is 11.5 Å². The molecule has 2 aromatic rings. The molecule has 0 fully saturated rings. The summed E-state index contributed by atoms with van der Waals surface area (Å²) in [6, 6.07) is 3.56. The van der Waals surface area contributed by atoms with Gasteiger partial charge in [0.2, 0.25) is 0 Å². The van der Waals surface area contributed by atoms with Crippen LogP contribution in [0.15, 0.2) is 18.3 Å². The molecule has 0 saturated carbocycles. The lowest BCUT2D eigenvalue weighted by Crippen LogP contribution is -2.32. The Hall–Kier alpha value is -2.81. The van der Waals surface area contributed by atoms with E-state index in [0.717, 1.165) is 5.39 Å².